The summed E-state index contributed by atoms with van der Waals surface area (Å²) in [7, 11) is 1.24. The van der Waals surface area contributed by atoms with Gasteiger partial charge in [0.25, 0.3) is 0 Å². The standard InChI is InChI=1S/C10H10ClNO3/c1-15-10(14)12-6-9(13)7-2-4-8(11)5-3-7/h2-5H,6H2,1H3,(H,12,14). The molecule has 0 unspecified atom stereocenters. The highest BCUT2D eigenvalue weighted by molar-refractivity contribution is 6.30. The summed E-state index contributed by atoms with van der Waals surface area (Å²) in [6.45, 7) is -0.0890. The van der Waals surface area contributed by atoms with Crippen molar-refractivity contribution in [2.75, 3.05) is 13.7 Å². The molecule has 0 aliphatic carbocycles. The van der Waals surface area contributed by atoms with Crippen molar-refractivity contribution in [3.63, 3.8) is 0 Å². The summed E-state index contributed by atoms with van der Waals surface area (Å²) in [6.07, 6.45) is -0.627. The lowest BCUT2D eigenvalue weighted by molar-refractivity contribution is 0.0983. The quantitative estimate of drug-likeness (QED) is 0.803. The number of rotatable bonds is 3. The number of benzene rings is 1. The lowest BCUT2D eigenvalue weighted by Crippen LogP contribution is -2.29. The molecule has 0 aliphatic heterocycles. The number of carbonyl (C=O) groups is 2. The Kier molecular flexibility index (Phi) is 4.12. The maximum absolute atomic E-state index is 11.5. The van der Waals surface area contributed by atoms with Gasteiger partial charge in [-0.15, -0.1) is 0 Å². The number of alkyl carbamates (subject to hydrolysis) is 1. The summed E-state index contributed by atoms with van der Waals surface area (Å²) in [4.78, 5) is 22.2. The number of ketones is 1. The third kappa shape index (κ3) is 3.59. The lowest BCUT2D eigenvalue weighted by atomic mass is 10.1. The van der Waals surface area contributed by atoms with E-state index in [0.29, 0.717) is 10.6 Å². The zero-order chi connectivity index (χ0) is 11.3. The van der Waals surface area contributed by atoms with Gasteiger partial charge in [0.05, 0.1) is 13.7 Å². The number of halogens is 1. The molecule has 0 aliphatic rings. The van der Waals surface area contributed by atoms with Gasteiger partial charge < -0.3 is 10.1 Å². The van der Waals surface area contributed by atoms with E-state index in [1.54, 1.807) is 24.3 Å². The maximum Gasteiger partial charge on any atom is 0.407 e. The van der Waals surface area contributed by atoms with Crippen molar-refractivity contribution in [2.45, 2.75) is 0 Å². The fourth-order valence-electron chi connectivity index (χ4n) is 0.962. The Balaban J connectivity index is 2.54. The van der Waals surface area contributed by atoms with Crippen molar-refractivity contribution in [3.05, 3.63) is 34.9 Å². The van der Waals surface area contributed by atoms with Crippen LogP contribution in [0.2, 0.25) is 5.02 Å². The summed E-state index contributed by atoms with van der Waals surface area (Å²) < 4.78 is 4.33. The van der Waals surface area contributed by atoms with E-state index in [1.165, 1.54) is 7.11 Å². The second-order valence-electron chi connectivity index (χ2n) is 2.78. The number of ether oxygens (including phenoxy) is 1. The normalized spacial score (nSPS) is 9.47. The lowest BCUT2D eigenvalue weighted by Gasteiger charge is -2.02. The first-order valence-corrected chi connectivity index (χ1v) is 4.62. The predicted octanol–water partition coefficient (Wildman–Crippen LogP) is 1.88. The smallest absolute Gasteiger partial charge is 0.407 e. The minimum atomic E-state index is -0.627. The second kappa shape index (κ2) is 5.36. The van der Waals surface area contributed by atoms with Crippen molar-refractivity contribution in [3.8, 4) is 0 Å². The molecule has 0 saturated heterocycles. The zero-order valence-electron chi connectivity index (χ0n) is 8.12. The molecule has 5 heteroatoms. The Labute approximate surface area is 92.2 Å². The molecule has 0 radical (unpaired) electrons. The van der Waals surface area contributed by atoms with E-state index in [0.717, 1.165) is 0 Å². The van der Waals surface area contributed by atoms with Crippen LogP contribution in [0.5, 0.6) is 0 Å². The predicted molar refractivity (Wildman–Crippen MR) is 56.2 cm³/mol. The van der Waals surface area contributed by atoms with Crippen molar-refractivity contribution in [1.29, 1.82) is 0 Å². The SMILES string of the molecule is COC(=O)NCC(=O)c1ccc(Cl)cc1. The Morgan fingerprint density at radius 2 is 1.93 bits per heavy atom. The van der Waals surface area contributed by atoms with Gasteiger partial charge in [-0.1, -0.05) is 11.6 Å². The number of carbonyl (C=O) groups excluding carboxylic acids is 2. The number of hydrogen-bond acceptors (Lipinski definition) is 3. The number of amides is 1. The molecule has 0 saturated carbocycles. The Morgan fingerprint density at radius 3 is 2.47 bits per heavy atom. The molecular formula is C10H10ClNO3. The molecule has 4 nitrogen and oxygen atoms in total. The Bertz CT molecular complexity index is 361. The third-order valence-corrected chi connectivity index (χ3v) is 2.00. The van der Waals surface area contributed by atoms with Crippen molar-refractivity contribution >= 4 is 23.5 Å². The summed E-state index contributed by atoms with van der Waals surface area (Å²) >= 11 is 5.67. The van der Waals surface area contributed by atoms with Crippen LogP contribution in [-0.2, 0) is 4.74 Å². The van der Waals surface area contributed by atoms with Crippen LogP contribution in [0.4, 0.5) is 4.79 Å². The molecule has 1 rings (SSSR count). The molecule has 0 aromatic heterocycles. The molecule has 0 atom stereocenters. The van der Waals surface area contributed by atoms with E-state index in [9.17, 15) is 9.59 Å². The largest absolute Gasteiger partial charge is 0.453 e. The Morgan fingerprint density at radius 1 is 1.33 bits per heavy atom. The maximum atomic E-state index is 11.5. The first kappa shape index (κ1) is 11.5. The van der Waals surface area contributed by atoms with E-state index in [4.69, 9.17) is 11.6 Å². The fraction of sp³-hybridized carbons (Fsp3) is 0.200. The van der Waals surface area contributed by atoms with E-state index in [2.05, 4.69) is 10.1 Å². The van der Waals surface area contributed by atoms with Gasteiger partial charge in [-0.2, -0.15) is 0 Å². The van der Waals surface area contributed by atoms with Crippen molar-refractivity contribution in [2.24, 2.45) is 0 Å². The van der Waals surface area contributed by atoms with Gasteiger partial charge in [0, 0.05) is 10.6 Å². The van der Waals surface area contributed by atoms with Crippen LogP contribution < -0.4 is 5.32 Å². The average Bonchev–Trinajstić information content (AvgIpc) is 2.26. The van der Waals surface area contributed by atoms with Gasteiger partial charge in [-0.25, -0.2) is 4.79 Å². The molecule has 0 heterocycles. The van der Waals surface area contributed by atoms with Crippen molar-refractivity contribution in [1.82, 2.24) is 5.32 Å². The molecule has 0 spiro atoms. The third-order valence-electron chi connectivity index (χ3n) is 1.74. The minimum absolute atomic E-state index is 0.0890. The number of hydrogen-bond donors (Lipinski definition) is 1. The summed E-state index contributed by atoms with van der Waals surface area (Å²) in [5.41, 5.74) is 0.496. The van der Waals surface area contributed by atoms with E-state index < -0.39 is 6.09 Å². The van der Waals surface area contributed by atoms with Gasteiger partial charge in [0.2, 0.25) is 0 Å². The zero-order valence-corrected chi connectivity index (χ0v) is 8.88. The molecule has 1 N–H and O–H groups in total. The molecule has 15 heavy (non-hydrogen) atoms. The highest BCUT2D eigenvalue weighted by Gasteiger charge is 2.07. The molecular weight excluding hydrogens is 218 g/mol. The van der Waals surface area contributed by atoms with Crippen molar-refractivity contribution < 1.29 is 14.3 Å². The minimum Gasteiger partial charge on any atom is -0.453 e. The molecule has 0 fully saturated rings. The average molecular weight is 228 g/mol. The Hall–Kier alpha value is -1.55. The van der Waals surface area contributed by atoms with Crippen LogP contribution in [0.3, 0.4) is 0 Å². The number of nitrogens with one attached hydrogen (secondary N) is 1. The van der Waals surface area contributed by atoms with E-state index in [1.807, 2.05) is 0 Å². The molecule has 1 aromatic carbocycles. The molecule has 0 bridgehead atoms. The summed E-state index contributed by atoms with van der Waals surface area (Å²) in [5, 5.41) is 2.86. The van der Waals surface area contributed by atoms with E-state index in [-0.39, 0.29) is 12.3 Å². The van der Waals surface area contributed by atoms with Gasteiger partial charge in [-0.05, 0) is 24.3 Å². The van der Waals surface area contributed by atoms with Crippen LogP contribution >= 0.6 is 11.6 Å². The highest BCUT2D eigenvalue weighted by Crippen LogP contribution is 2.09. The first-order chi connectivity index (χ1) is 7.13. The number of methoxy groups -OCH3 is 1. The summed E-state index contributed by atoms with van der Waals surface area (Å²) in [5.74, 6) is -0.197. The highest BCUT2D eigenvalue weighted by atomic mass is 35.5. The van der Waals surface area contributed by atoms with Gasteiger partial charge in [0.1, 0.15) is 0 Å². The fourth-order valence-corrected chi connectivity index (χ4v) is 1.09. The first-order valence-electron chi connectivity index (χ1n) is 4.24. The van der Waals surface area contributed by atoms with Crippen LogP contribution in [0.15, 0.2) is 24.3 Å². The van der Waals surface area contributed by atoms with Crippen LogP contribution in [0.1, 0.15) is 10.4 Å². The molecule has 1 aromatic rings. The molecule has 80 valence electrons. The van der Waals surface area contributed by atoms with Crippen LogP contribution in [-0.4, -0.2) is 25.5 Å². The summed E-state index contributed by atoms with van der Waals surface area (Å²) in [6, 6.07) is 6.44. The van der Waals surface area contributed by atoms with E-state index >= 15 is 0 Å². The van der Waals surface area contributed by atoms with Gasteiger partial charge in [0.15, 0.2) is 5.78 Å². The van der Waals surface area contributed by atoms with Crippen LogP contribution in [0.25, 0.3) is 0 Å². The van der Waals surface area contributed by atoms with Crippen LogP contribution in [0, 0.1) is 0 Å². The molecule has 1 amide bonds. The monoisotopic (exact) mass is 227 g/mol. The topological polar surface area (TPSA) is 55.4 Å². The second-order valence-corrected chi connectivity index (χ2v) is 3.21. The van der Waals surface area contributed by atoms with Gasteiger partial charge >= 0.3 is 6.09 Å². The van der Waals surface area contributed by atoms with Gasteiger partial charge in [-0.3, -0.25) is 4.79 Å². The number of Topliss-reactive ketones (excluding diaryl/α,β-unsaturated/α-hetero) is 1.